The van der Waals surface area contributed by atoms with Gasteiger partial charge < -0.3 is 5.73 Å². The number of carbonyl (C=O) groups excluding carboxylic acids is 2. The van der Waals surface area contributed by atoms with Crippen LogP contribution in [0.5, 0.6) is 0 Å². The fourth-order valence-corrected chi connectivity index (χ4v) is 3.73. The van der Waals surface area contributed by atoms with Crippen LogP contribution in [0.4, 0.5) is 0 Å². The van der Waals surface area contributed by atoms with Gasteiger partial charge in [-0.1, -0.05) is 59.6 Å². The maximum atomic E-state index is 12.8. The second kappa shape index (κ2) is 5.94. The number of nitrogens with zero attached hydrogens (tertiary/aromatic N) is 1. The molecule has 1 aliphatic rings. The smallest absolute Gasteiger partial charge is 0.239 e. The lowest BCUT2D eigenvalue weighted by Crippen LogP contribution is -2.28. The van der Waals surface area contributed by atoms with Crippen molar-refractivity contribution < 1.29 is 9.59 Å². The second-order valence-corrected chi connectivity index (χ2v) is 6.54. The number of hydrogen-bond acceptors (Lipinski definition) is 3. The van der Waals surface area contributed by atoms with E-state index >= 15 is 0 Å². The molecule has 2 N–H and O–H groups in total. The Morgan fingerprint density at radius 3 is 2.33 bits per heavy atom. The molecule has 1 saturated carbocycles. The fraction of sp³-hybridized carbons (Fsp3) is 0.167. The SMILES string of the molecule is N#C[C@]1(C(N)=O)[C@H](C(=O)c2ccccc2)[C@@H]1c1ccc(Cl)cc1Cl. The lowest BCUT2D eigenvalue weighted by Gasteiger charge is -2.05. The van der Waals surface area contributed by atoms with Crippen LogP contribution in [0.15, 0.2) is 48.5 Å². The van der Waals surface area contributed by atoms with Crippen LogP contribution in [-0.4, -0.2) is 11.7 Å². The quantitative estimate of drug-likeness (QED) is 0.847. The third kappa shape index (κ3) is 2.37. The molecule has 1 fully saturated rings. The maximum Gasteiger partial charge on any atom is 0.239 e. The van der Waals surface area contributed by atoms with Gasteiger partial charge in [-0.2, -0.15) is 5.26 Å². The Kier molecular flexibility index (Phi) is 4.08. The molecule has 0 radical (unpaired) electrons. The van der Waals surface area contributed by atoms with E-state index in [1.165, 1.54) is 6.07 Å². The molecule has 0 unspecified atom stereocenters. The van der Waals surface area contributed by atoms with Crippen molar-refractivity contribution in [1.82, 2.24) is 0 Å². The Hall–Kier alpha value is -2.35. The predicted octanol–water partition coefficient (Wildman–Crippen LogP) is 3.58. The van der Waals surface area contributed by atoms with Crippen molar-refractivity contribution in [3.63, 3.8) is 0 Å². The third-order valence-corrected chi connectivity index (χ3v) is 5.00. The number of hydrogen-bond donors (Lipinski definition) is 1. The van der Waals surface area contributed by atoms with Gasteiger partial charge in [-0.15, -0.1) is 0 Å². The van der Waals surface area contributed by atoms with Crippen molar-refractivity contribution in [2.24, 2.45) is 17.1 Å². The monoisotopic (exact) mass is 358 g/mol. The van der Waals surface area contributed by atoms with Gasteiger partial charge in [-0.3, -0.25) is 9.59 Å². The average Bonchev–Trinajstić information content (AvgIpc) is 3.25. The van der Waals surface area contributed by atoms with E-state index in [1.54, 1.807) is 42.5 Å². The summed E-state index contributed by atoms with van der Waals surface area (Å²) in [6.07, 6.45) is 0. The molecule has 120 valence electrons. The molecule has 24 heavy (non-hydrogen) atoms. The van der Waals surface area contributed by atoms with E-state index in [0.29, 0.717) is 21.2 Å². The third-order valence-electron chi connectivity index (χ3n) is 4.44. The molecule has 3 rings (SSSR count). The number of carbonyl (C=O) groups is 2. The number of ketones is 1. The molecule has 1 aliphatic carbocycles. The molecular weight excluding hydrogens is 347 g/mol. The maximum absolute atomic E-state index is 12.8. The van der Waals surface area contributed by atoms with Crippen molar-refractivity contribution in [1.29, 1.82) is 5.26 Å². The van der Waals surface area contributed by atoms with Crippen LogP contribution in [0, 0.1) is 22.7 Å². The van der Waals surface area contributed by atoms with E-state index in [-0.39, 0.29) is 5.78 Å². The number of benzene rings is 2. The Bertz CT molecular complexity index is 876. The molecule has 0 bridgehead atoms. The van der Waals surface area contributed by atoms with E-state index in [1.807, 2.05) is 6.07 Å². The summed E-state index contributed by atoms with van der Waals surface area (Å²) in [6.45, 7) is 0. The van der Waals surface area contributed by atoms with Crippen LogP contribution in [0.2, 0.25) is 10.0 Å². The number of primary amides is 1. The van der Waals surface area contributed by atoms with Gasteiger partial charge in [0.1, 0.15) is 0 Å². The van der Waals surface area contributed by atoms with Crippen LogP contribution < -0.4 is 5.73 Å². The van der Waals surface area contributed by atoms with Crippen LogP contribution >= 0.6 is 23.2 Å². The highest BCUT2D eigenvalue weighted by molar-refractivity contribution is 6.35. The van der Waals surface area contributed by atoms with Gasteiger partial charge >= 0.3 is 0 Å². The Balaban J connectivity index is 2.09. The fourth-order valence-electron chi connectivity index (χ4n) is 3.21. The molecule has 0 aliphatic heterocycles. The first-order valence-corrected chi connectivity index (χ1v) is 7.94. The van der Waals surface area contributed by atoms with Gasteiger partial charge in [0.15, 0.2) is 11.2 Å². The highest BCUT2D eigenvalue weighted by Crippen LogP contribution is 2.66. The van der Waals surface area contributed by atoms with Crippen molar-refractivity contribution in [2.75, 3.05) is 0 Å². The van der Waals surface area contributed by atoms with Gasteiger partial charge in [0, 0.05) is 21.5 Å². The van der Waals surface area contributed by atoms with Crippen LogP contribution in [0.1, 0.15) is 21.8 Å². The molecule has 0 aromatic heterocycles. The van der Waals surface area contributed by atoms with E-state index in [4.69, 9.17) is 28.9 Å². The van der Waals surface area contributed by atoms with Gasteiger partial charge in [0.25, 0.3) is 0 Å². The molecule has 6 heteroatoms. The first kappa shape index (κ1) is 16.5. The lowest BCUT2D eigenvalue weighted by atomic mass is 9.98. The zero-order chi connectivity index (χ0) is 17.5. The number of nitriles is 1. The minimum absolute atomic E-state index is 0.299. The Morgan fingerprint density at radius 1 is 1.12 bits per heavy atom. The van der Waals surface area contributed by atoms with Gasteiger partial charge in [0.05, 0.1) is 12.0 Å². The van der Waals surface area contributed by atoms with Gasteiger partial charge in [0.2, 0.25) is 5.91 Å². The van der Waals surface area contributed by atoms with Crippen LogP contribution in [0.25, 0.3) is 0 Å². The summed E-state index contributed by atoms with van der Waals surface area (Å²) in [7, 11) is 0. The van der Waals surface area contributed by atoms with Crippen molar-refractivity contribution >= 4 is 34.9 Å². The predicted molar refractivity (Wildman–Crippen MR) is 90.7 cm³/mol. The molecule has 4 nitrogen and oxygen atoms in total. The summed E-state index contributed by atoms with van der Waals surface area (Å²) < 4.78 is 0. The lowest BCUT2D eigenvalue weighted by molar-refractivity contribution is -0.121. The topological polar surface area (TPSA) is 83.9 Å². The Morgan fingerprint density at radius 2 is 1.79 bits per heavy atom. The van der Waals surface area contributed by atoms with Crippen LogP contribution in [-0.2, 0) is 4.79 Å². The Labute approximate surface area is 148 Å². The van der Waals surface area contributed by atoms with E-state index in [2.05, 4.69) is 0 Å². The molecule has 2 aromatic carbocycles. The standard InChI is InChI=1S/C18H12Cl2N2O2/c19-11-6-7-12(13(20)8-11)14-15(18(14,9-21)17(22)24)16(23)10-4-2-1-3-5-10/h1-8,14-15H,(H2,22,24)/t14-,15-,18+/m0/s1. The number of Topliss-reactive ketones (excluding diaryl/α,β-unsaturated/α-hetero) is 1. The first-order chi connectivity index (χ1) is 11.4. The van der Waals surface area contributed by atoms with E-state index in [0.717, 1.165) is 0 Å². The first-order valence-electron chi connectivity index (χ1n) is 7.19. The summed E-state index contributed by atoms with van der Waals surface area (Å²) in [5.41, 5.74) is 4.83. The average molecular weight is 359 g/mol. The molecule has 2 aromatic rings. The summed E-state index contributed by atoms with van der Waals surface area (Å²) in [5, 5.41) is 10.3. The second-order valence-electron chi connectivity index (χ2n) is 5.70. The normalized spacial score (nSPS) is 24.9. The molecule has 0 heterocycles. The summed E-state index contributed by atoms with van der Waals surface area (Å²) >= 11 is 12.1. The van der Waals surface area contributed by atoms with Crippen LogP contribution in [0.3, 0.4) is 0 Å². The van der Waals surface area contributed by atoms with E-state index in [9.17, 15) is 14.9 Å². The van der Waals surface area contributed by atoms with Gasteiger partial charge in [-0.05, 0) is 17.7 Å². The highest BCUT2D eigenvalue weighted by Gasteiger charge is 2.73. The van der Waals surface area contributed by atoms with Crippen molar-refractivity contribution in [3.05, 3.63) is 69.7 Å². The minimum Gasteiger partial charge on any atom is -0.368 e. The minimum atomic E-state index is -1.59. The summed E-state index contributed by atoms with van der Waals surface area (Å²) in [6, 6.07) is 15.2. The molecule has 0 spiro atoms. The number of amides is 1. The van der Waals surface area contributed by atoms with Crippen molar-refractivity contribution in [3.8, 4) is 6.07 Å². The molecular formula is C18H12Cl2N2O2. The molecule has 0 saturated heterocycles. The zero-order valence-corrected chi connectivity index (χ0v) is 13.9. The largest absolute Gasteiger partial charge is 0.368 e. The number of halogens is 2. The van der Waals surface area contributed by atoms with Gasteiger partial charge in [-0.25, -0.2) is 0 Å². The summed E-state index contributed by atoms with van der Waals surface area (Å²) in [4.78, 5) is 24.8. The highest BCUT2D eigenvalue weighted by atomic mass is 35.5. The number of rotatable bonds is 4. The van der Waals surface area contributed by atoms with E-state index < -0.39 is 23.2 Å². The number of nitrogens with two attached hydrogens (primary N) is 1. The molecule has 1 amide bonds. The summed E-state index contributed by atoms with van der Waals surface area (Å²) in [5.74, 6) is -2.67. The van der Waals surface area contributed by atoms with Crippen molar-refractivity contribution in [2.45, 2.75) is 5.92 Å². The zero-order valence-electron chi connectivity index (χ0n) is 12.4. The molecule has 3 atom stereocenters.